The van der Waals surface area contributed by atoms with Crippen molar-refractivity contribution in [2.75, 3.05) is 0 Å². The lowest BCUT2D eigenvalue weighted by Crippen LogP contribution is -2.10. The Labute approximate surface area is 236 Å². The lowest BCUT2D eigenvalue weighted by molar-refractivity contribution is -0.141. The Morgan fingerprint density at radius 1 is 0.683 bits per heavy atom. The Hall–Kier alpha value is -4.14. The van der Waals surface area contributed by atoms with Crippen LogP contribution >= 0.6 is 0 Å². The topological polar surface area (TPSA) is 53.5 Å². The molecule has 0 N–H and O–H groups in total. The summed E-state index contributed by atoms with van der Waals surface area (Å²) in [4.78, 5) is 13.3. The normalized spacial score (nSPS) is 14.1. The van der Waals surface area contributed by atoms with Crippen molar-refractivity contribution in [2.24, 2.45) is 7.05 Å². The number of alkyl halides is 3. The van der Waals surface area contributed by atoms with E-state index < -0.39 is 11.9 Å². The fourth-order valence-electron chi connectivity index (χ4n) is 6.05. The number of hydrogen-bond donors (Lipinski definition) is 0. The molecule has 0 saturated heterocycles. The smallest absolute Gasteiger partial charge is 0.335 e. The molecule has 2 atom stereocenters. The molecule has 6 heterocycles. The van der Waals surface area contributed by atoms with E-state index in [0.29, 0.717) is 24.7 Å². The molecule has 2 unspecified atom stereocenters. The summed E-state index contributed by atoms with van der Waals surface area (Å²) in [6.45, 7) is 9.66. The van der Waals surface area contributed by atoms with Crippen LogP contribution in [0.1, 0.15) is 67.8 Å². The van der Waals surface area contributed by atoms with Gasteiger partial charge in [-0.15, -0.1) is 0 Å². The van der Waals surface area contributed by atoms with Gasteiger partial charge in [-0.1, -0.05) is 27.7 Å². The van der Waals surface area contributed by atoms with E-state index in [1.165, 1.54) is 5.56 Å². The average Bonchev–Trinajstić information content (AvgIpc) is 3.60. The fraction of sp³-hybridized carbons (Fsp3) is 0.344. The van der Waals surface area contributed by atoms with Crippen LogP contribution in [0.4, 0.5) is 13.2 Å². The summed E-state index contributed by atoms with van der Waals surface area (Å²) in [5.41, 5.74) is 4.58. The van der Waals surface area contributed by atoms with E-state index in [9.17, 15) is 13.2 Å². The molecule has 0 aliphatic rings. The second-order valence-electron chi connectivity index (χ2n) is 11.4. The maximum absolute atomic E-state index is 13.7. The van der Waals surface area contributed by atoms with Crippen molar-refractivity contribution in [1.29, 1.82) is 0 Å². The Balaban J connectivity index is 1.41. The second-order valence-corrected chi connectivity index (χ2v) is 11.4. The number of pyridine rings is 3. The van der Waals surface area contributed by atoms with E-state index in [0.717, 1.165) is 44.6 Å². The molecule has 0 radical (unpaired) electrons. The van der Waals surface area contributed by atoms with Crippen molar-refractivity contribution in [3.8, 4) is 0 Å². The summed E-state index contributed by atoms with van der Waals surface area (Å²) in [7, 11) is 1.96. The van der Waals surface area contributed by atoms with Crippen molar-refractivity contribution in [2.45, 2.75) is 64.7 Å². The van der Waals surface area contributed by atoms with Gasteiger partial charge in [-0.3, -0.25) is 0 Å². The lowest BCUT2D eigenvalue weighted by atomic mass is 10.0. The largest absolute Gasteiger partial charge is 0.433 e. The van der Waals surface area contributed by atoms with Gasteiger partial charge in [0, 0.05) is 79.1 Å². The van der Waals surface area contributed by atoms with Gasteiger partial charge in [0.15, 0.2) is 0 Å². The maximum Gasteiger partial charge on any atom is 0.433 e. The van der Waals surface area contributed by atoms with Crippen LogP contribution in [-0.4, -0.2) is 28.7 Å². The van der Waals surface area contributed by atoms with Gasteiger partial charge in [-0.05, 0) is 59.0 Å². The molecular formula is C32H33F3N6. The van der Waals surface area contributed by atoms with Gasteiger partial charge in [0.05, 0.1) is 0 Å². The molecule has 212 valence electrons. The first-order chi connectivity index (χ1) is 19.5. The van der Waals surface area contributed by atoms with Crippen LogP contribution in [0.25, 0.3) is 33.1 Å². The van der Waals surface area contributed by atoms with E-state index in [2.05, 4.69) is 65.7 Å². The highest BCUT2D eigenvalue weighted by molar-refractivity contribution is 5.83. The number of fused-ring (bicyclic) bond motifs is 3. The molecule has 0 bridgehead atoms. The van der Waals surface area contributed by atoms with Crippen molar-refractivity contribution < 1.29 is 13.2 Å². The number of aryl methyl sites for hydroxylation is 1. The van der Waals surface area contributed by atoms with Gasteiger partial charge in [0.25, 0.3) is 0 Å². The zero-order chi connectivity index (χ0) is 29.1. The van der Waals surface area contributed by atoms with Crippen LogP contribution in [-0.2, 0) is 26.3 Å². The first-order valence-electron chi connectivity index (χ1n) is 13.9. The maximum atomic E-state index is 13.7. The molecule has 6 aromatic rings. The molecule has 0 fully saturated rings. The van der Waals surface area contributed by atoms with Crippen molar-refractivity contribution >= 4 is 33.1 Å². The quantitative estimate of drug-likeness (QED) is 0.199. The Bertz CT molecular complexity index is 1870. The van der Waals surface area contributed by atoms with Crippen LogP contribution < -0.4 is 0 Å². The SMILES string of the molecule is CC(C)c1cn(CC(C)c2cn(CC(C)c3cn(C)c4ncccc34)c3nc(C(F)(F)F)ccc23)c2ncccc12. The van der Waals surface area contributed by atoms with Crippen molar-refractivity contribution in [3.63, 3.8) is 0 Å². The minimum atomic E-state index is -4.52. The van der Waals surface area contributed by atoms with Gasteiger partial charge < -0.3 is 13.7 Å². The number of halogens is 3. The molecule has 41 heavy (non-hydrogen) atoms. The summed E-state index contributed by atoms with van der Waals surface area (Å²) < 4.78 is 47.2. The van der Waals surface area contributed by atoms with Crippen LogP contribution in [0, 0.1) is 0 Å². The summed E-state index contributed by atoms with van der Waals surface area (Å²) >= 11 is 0. The highest BCUT2D eigenvalue weighted by Crippen LogP contribution is 2.36. The zero-order valence-electron chi connectivity index (χ0n) is 23.8. The average molecular weight is 559 g/mol. The Kier molecular flexibility index (Phi) is 6.63. The third-order valence-electron chi connectivity index (χ3n) is 8.10. The van der Waals surface area contributed by atoms with Gasteiger partial charge >= 0.3 is 6.18 Å². The van der Waals surface area contributed by atoms with E-state index >= 15 is 0 Å². The van der Waals surface area contributed by atoms with Crippen LogP contribution in [0.3, 0.4) is 0 Å². The molecule has 0 aliphatic heterocycles. The number of nitrogens with zero attached hydrogens (tertiary/aromatic N) is 6. The number of hydrogen-bond acceptors (Lipinski definition) is 3. The van der Waals surface area contributed by atoms with E-state index in [-0.39, 0.29) is 11.8 Å². The summed E-state index contributed by atoms with van der Waals surface area (Å²) in [5.74, 6) is 0.368. The van der Waals surface area contributed by atoms with E-state index in [1.807, 2.05) is 40.6 Å². The third kappa shape index (κ3) is 4.77. The van der Waals surface area contributed by atoms with Gasteiger partial charge in [-0.2, -0.15) is 13.2 Å². The van der Waals surface area contributed by atoms with E-state index in [4.69, 9.17) is 0 Å². The number of aromatic nitrogens is 6. The molecule has 0 aliphatic carbocycles. The predicted octanol–water partition coefficient (Wildman–Crippen LogP) is 8.02. The minimum Gasteiger partial charge on any atom is -0.335 e. The number of rotatable bonds is 7. The van der Waals surface area contributed by atoms with Crippen molar-refractivity contribution in [1.82, 2.24) is 28.7 Å². The lowest BCUT2D eigenvalue weighted by Gasteiger charge is -2.14. The summed E-state index contributed by atoms with van der Waals surface area (Å²) in [6.07, 6.45) is 5.25. The van der Waals surface area contributed by atoms with E-state index in [1.54, 1.807) is 18.5 Å². The molecule has 0 aromatic carbocycles. The molecule has 6 nitrogen and oxygen atoms in total. The first kappa shape index (κ1) is 27.1. The summed E-state index contributed by atoms with van der Waals surface area (Å²) in [5, 5.41) is 2.92. The molecule has 0 spiro atoms. The zero-order valence-corrected chi connectivity index (χ0v) is 23.8. The molecule has 0 amide bonds. The summed E-state index contributed by atoms with van der Waals surface area (Å²) in [6, 6.07) is 10.7. The van der Waals surface area contributed by atoms with Gasteiger partial charge in [0.1, 0.15) is 22.6 Å². The second kappa shape index (κ2) is 10.0. The fourth-order valence-corrected chi connectivity index (χ4v) is 6.05. The van der Waals surface area contributed by atoms with Gasteiger partial charge in [-0.25, -0.2) is 15.0 Å². The highest BCUT2D eigenvalue weighted by Gasteiger charge is 2.33. The first-order valence-corrected chi connectivity index (χ1v) is 13.9. The molecule has 6 aromatic heterocycles. The molecular weight excluding hydrogens is 525 g/mol. The molecule has 9 heteroatoms. The Morgan fingerprint density at radius 2 is 1.22 bits per heavy atom. The van der Waals surface area contributed by atoms with Crippen molar-refractivity contribution in [3.05, 3.63) is 89.8 Å². The molecule has 6 rings (SSSR count). The third-order valence-corrected chi connectivity index (χ3v) is 8.10. The standard InChI is InChI=1S/C32H33F3N6/c1-19(2)25-17-40(30-22(25)8-6-13-37-30)14-21(4)27-18-41(31-24(27)10-11-28(38-31)32(33,34)35)15-20(3)26-16-39(5)29-23(26)9-7-12-36-29/h6-13,16-21H,14-15H2,1-5H3. The minimum absolute atomic E-state index is 0.00645. The highest BCUT2D eigenvalue weighted by atomic mass is 19.4. The van der Waals surface area contributed by atoms with Crippen LogP contribution in [0.15, 0.2) is 67.4 Å². The Morgan fingerprint density at radius 3 is 1.85 bits per heavy atom. The van der Waals surface area contributed by atoms with Crippen LogP contribution in [0.5, 0.6) is 0 Å². The molecule has 0 saturated carbocycles. The predicted molar refractivity (Wildman–Crippen MR) is 156 cm³/mol. The van der Waals surface area contributed by atoms with Crippen LogP contribution in [0.2, 0.25) is 0 Å². The monoisotopic (exact) mass is 558 g/mol. The van der Waals surface area contributed by atoms with Gasteiger partial charge in [0.2, 0.25) is 0 Å².